The van der Waals surface area contributed by atoms with E-state index in [-0.39, 0.29) is 31.1 Å². The third-order valence-electron chi connectivity index (χ3n) is 7.69. The number of alkyl halides is 1. The minimum atomic E-state index is -1.32. The van der Waals surface area contributed by atoms with E-state index >= 15 is 0 Å². The Kier molecular flexibility index (Phi) is 4.72. The molecule has 3 aliphatic heterocycles. The topological polar surface area (TPSA) is 72.2 Å². The molecule has 7 rings (SSSR count). The highest BCUT2D eigenvalue weighted by atomic mass is 35.5. The number of aromatic nitrogens is 5. The van der Waals surface area contributed by atoms with Crippen LogP contribution in [0.25, 0.3) is 5.69 Å². The van der Waals surface area contributed by atoms with Crippen molar-refractivity contribution in [3.8, 4) is 5.69 Å². The van der Waals surface area contributed by atoms with E-state index in [0.717, 1.165) is 48.8 Å². The highest BCUT2D eigenvalue weighted by Gasteiger charge is 2.55. The predicted molar refractivity (Wildman–Crippen MR) is 124 cm³/mol. The van der Waals surface area contributed by atoms with Crippen LogP contribution in [0.4, 0.5) is 14.7 Å². The van der Waals surface area contributed by atoms with Gasteiger partial charge in [0, 0.05) is 42.5 Å². The summed E-state index contributed by atoms with van der Waals surface area (Å²) in [6, 6.07) is 5.86. The van der Waals surface area contributed by atoms with Crippen LogP contribution in [-0.2, 0) is 17.8 Å². The van der Waals surface area contributed by atoms with Crippen LogP contribution in [0.5, 0.6) is 0 Å². The Hall–Kier alpha value is -2.69. The molecule has 1 aromatic carbocycles. The molecule has 3 fully saturated rings. The number of anilines is 1. The Bertz CT molecular complexity index is 1280. The Labute approximate surface area is 205 Å². The molecule has 4 aliphatic rings. The van der Waals surface area contributed by atoms with E-state index in [2.05, 4.69) is 34.5 Å². The molecule has 5 heterocycles. The van der Waals surface area contributed by atoms with Crippen molar-refractivity contribution in [2.45, 2.75) is 37.5 Å². The van der Waals surface area contributed by atoms with Gasteiger partial charge in [-0.15, -0.1) is 10.2 Å². The van der Waals surface area contributed by atoms with Crippen LogP contribution in [0.2, 0.25) is 5.02 Å². The maximum Gasteiger partial charge on any atom is 0.225 e. The summed E-state index contributed by atoms with van der Waals surface area (Å²) < 4.78 is 35.3. The lowest BCUT2D eigenvalue weighted by Gasteiger charge is -2.58. The standard InChI is InChI=1S/C24H24ClF2N7O/c25-17-1-2-19-15(3-17)8-32(12-24(27)13-35-14-24)9-20-30-31-21(34(19)20)16-4-23(5-16)10-33(11-23)22-28-6-18(26)7-29-22/h1-3,6-7,16H,4-5,8-14H2. The molecule has 35 heavy (non-hydrogen) atoms. The number of hydrogen-bond donors (Lipinski definition) is 0. The van der Waals surface area contributed by atoms with Crippen molar-refractivity contribution < 1.29 is 13.5 Å². The number of hydrogen-bond acceptors (Lipinski definition) is 7. The molecule has 0 N–H and O–H groups in total. The summed E-state index contributed by atoms with van der Waals surface area (Å²) in [4.78, 5) is 12.4. The first-order valence-corrected chi connectivity index (χ1v) is 12.2. The molecule has 3 aromatic rings. The number of fused-ring (bicyclic) bond motifs is 3. The Balaban J connectivity index is 1.12. The van der Waals surface area contributed by atoms with Gasteiger partial charge >= 0.3 is 0 Å². The van der Waals surface area contributed by atoms with Crippen LogP contribution >= 0.6 is 11.6 Å². The van der Waals surface area contributed by atoms with Gasteiger partial charge in [0.1, 0.15) is 5.82 Å². The fraction of sp³-hybridized carbons (Fsp3) is 0.500. The molecule has 11 heteroatoms. The lowest BCUT2D eigenvalue weighted by atomic mass is 9.57. The van der Waals surface area contributed by atoms with Crippen molar-refractivity contribution in [3.05, 3.63) is 58.6 Å². The first kappa shape index (κ1) is 21.6. The molecule has 1 aliphatic carbocycles. The molecule has 2 saturated heterocycles. The molecule has 0 bridgehead atoms. The van der Waals surface area contributed by atoms with Crippen molar-refractivity contribution in [3.63, 3.8) is 0 Å². The minimum Gasteiger partial charge on any atom is -0.375 e. The number of nitrogens with zero attached hydrogens (tertiary/aromatic N) is 7. The fourth-order valence-corrected chi connectivity index (χ4v) is 6.28. The molecule has 8 nitrogen and oxygen atoms in total. The zero-order valence-corrected chi connectivity index (χ0v) is 19.8. The van der Waals surface area contributed by atoms with Crippen molar-refractivity contribution >= 4 is 17.5 Å². The maximum atomic E-state index is 14.9. The van der Waals surface area contributed by atoms with E-state index in [1.165, 1.54) is 12.4 Å². The van der Waals surface area contributed by atoms with Gasteiger partial charge < -0.3 is 9.64 Å². The van der Waals surface area contributed by atoms with Crippen LogP contribution < -0.4 is 4.90 Å². The van der Waals surface area contributed by atoms with Gasteiger partial charge in [-0.3, -0.25) is 9.47 Å². The van der Waals surface area contributed by atoms with Crippen molar-refractivity contribution in [2.24, 2.45) is 5.41 Å². The second-order valence-electron chi connectivity index (χ2n) is 10.5. The molecular formula is C24H24ClF2N7O. The van der Waals surface area contributed by atoms with Gasteiger partial charge in [-0.2, -0.15) is 0 Å². The summed E-state index contributed by atoms with van der Waals surface area (Å²) in [5, 5.41) is 9.82. The molecule has 1 spiro atoms. The summed E-state index contributed by atoms with van der Waals surface area (Å²) >= 11 is 6.34. The number of ether oxygens (including phenoxy) is 1. The Morgan fingerprint density at radius 2 is 1.86 bits per heavy atom. The largest absolute Gasteiger partial charge is 0.375 e. The van der Waals surface area contributed by atoms with Crippen molar-refractivity contribution in [1.29, 1.82) is 0 Å². The third kappa shape index (κ3) is 3.61. The average Bonchev–Trinajstić information content (AvgIpc) is 3.08. The van der Waals surface area contributed by atoms with Crippen molar-refractivity contribution in [1.82, 2.24) is 29.6 Å². The van der Waals surface area contributed by atoms with Gasteiger partial charge in [0.15, 0.2) is 17.3 Å². The maximum absolute atomic E-state index is 14.9. The van der Waals surface area contributed by atoms with Crippen LogP contribution in [0.3, 0.4) is 0 Å². The van der Waals surface area contributed by atoms with Crippen LogP contribution in [0.1, 0.15) is 36.0 Å². The van der Waals surface area contributed by atoms with Gasteiger partial charge in [0.25, 0.3) is 0 Å². The van der Waals surface area contributed by atoms with E-state index in [1.807, 2.05) is 18.2 Å². The Morgan fingerprint density at radius 3 is 2.57 bits per heavy atom. The molecule has 182 valence electrons. The quantitative estimate of drug-likeness (QED) is 0.545. The summed E-state index contributed by atoms with van der Waals surface area (Å²) in [6.45, 7) is 3.37. The molecule has 0 amide bonds. The van der Waals surface area contributed by atoms with E-state index in [1.54, 1.807) is 0 Å². The smallest absolute Gasteiger partial charge is 0.225 e. The number of benzene rings is 1. The fourth-order valence-electron chi connectivity index (χ4n) is 6.08. The van der Waals surface area contributed by atoms with Gasteiger partial charge in [-0.25, -0.2) is 18.7 Å². The summed E-state index contributed by atoms with van der Waals surface area (Å²) in [5.41, 5.74) is 0.944. The molecule has 0 unspecified atom stereocenters. The van der Waals surface area contributed by atoms with Gasteiger partial charge in [0.2, 0.25) is 5.95 Å². The van der Waals surface area contributed by atoms with E-state index in [4.69, 9.17) is 16.3 Å². The van der Waals surface area contributed by atoms with Gasteiger partial charge in [-0.1, -0.05) is 11.6 Å². The molecular weight excluding hydrogens is 476 g/mol. The van der Waals surface area contributed by atoms with Gasteiger partial charge in [0.05, 0.1) is 37.8 Å². The summed E-state index contributed by atoms with van der Waals surface area (Å²) in [5.74, 6) is 2.21. The Morgan fingerprint density at radius 1 is 1.09 bits per heavy atom. The highest BCUT2D eigenvalue weighted by molar-refractivity contribution is 6.30. The normalized spacial score (nSPS) is 22.5. The monoisotopic (exact) mass is 499 g/mol. The lowest BCUT2D eigenvalue weighted by molar-refractivity contribution is -0.142. The molecule has 0 atom stereocenters. The van der Waals surface area contributed by atoms with Crippen LogP contribution in [0.15, 0.2) is 30.6 Å². The van der Waals surface area contributed by atoms with Crippen LogP contribution in [0, 0.1) is 11.2 Å². The third-order valence-corrected chi connectivity index (χ3v) is 7.93. The zero-order chi connectivity index (χ0) is 23.8. The zero-order valence-electron chi connectivity index (χ0n) is 19.0. The minimum absolute atomic E-state index is 0.133. The number of halogens is 3. The second kappa shape index (κ2) is 7.65. The van der Waals surface area contributed by atoms with Gasteiger partial charge in [-0.05, 0) is 36.6 Å². The average molecular weight is 500 g/mol. The second-order valence-corrected chi connectivity index (χ2v) is 11.0. The lowest BCUT2D eigenvalue weighted by Crippen LogP contribution is -2.62. The van der Waals surface area contributed by atoms with Crippen molar-refractivity contribution in [2.75, 3.05) is 37.7 Å². The predicted octanol–water partition coefficient (Wildman–Crippen LogP) is 3.29. The van der Waals surface area contributed by atoms with E-state index in [9.17, 15) is 8.78 Å². The van der Waals surface area contributed by atoms with E-state index in [0.29, 0.717) is 24.1 Å². The molecule has 0 radical (unpaired) electrons. The summed E-state index contributed by atoms with van der Waals surface area (Å²) in [6.07, 6.45) is 4.41. The van der Waals surface area contributed by atoms with Crippen LogP contribution in [-0.4, -0.2) is 68.1 Å². The number of rotatable bonds is 4. The first-order valence-electron chi connectivity index (χ1n) is 11.8. The molecule has 2 aromatic heterocycles. The molecule has 1 saturated carbocycles. The SMILES string of the molecule is Fc1cnc(N2CC3(CC(c4nnc5n4-c4ccc(Cl)cc4CN(CC4(F)COC4)C5)C3)C2)nc1. The van der Waals surface area contributed by atoms with E-state index < -0.39 is 11.5 Å². The summed E-state index contributed by atoms with van der Waals surface area (Å²) in [7, 11) is 0. The first-order chi connectivity index (χ1) is 16.9. The highest BCUT2D eigenvalue weighted by Crippen LogP contribution is 2.56.